The highest BCUT2D eigenvalue weighted by Crippen LogP contribution is 2.22. The van der Waals surface area contributed by atoms with Gasteiger partial charge < -0.3 is 5.32 Å². The maximum absolute atomic E-state index is 12.1. The Labute approximate surface area is 125 Å². The number of carbonyl (C=O) groups excluding carboxylic acids is 1. The van der Waals surface area contributed by atoms with Gasteiger partial charge >= 0.3 is 0 Å². The van der Waals surface area contributed by atoms with Crippen molar-refractivity contribution in [1.82, 2.24) is 10.3 Å². The summed E-state index contributed by atoms with van der Waals surface area (Å²) in [6, 6.07) is 7.43. The van der Waals surface area contributed by atoms with Crippen molar-refractivity contribution in [3.05, 3.63) is 68.5 Å². The number of nitrogens with one attached hydrogen (secondary N) is 1. The first-order valence-electron chi connectivity index (χ1n) is 6.11. The first kappa shape index (κ1) is 14.9. The van der Waals surface area contributed by atoms with Crippen LogP contribution in [0.25, 0.3) is 0 Å². The van der Waals surface area contributed by atoms with E-state index in [0.717, 1.165) is 17.3 Å². The third kappa shape index (κ3) is 3.55. The van der Waals surface area contributed by atoms with Gasteiger partial charge in [-0.25, -0.2) is 0 Å². The molecule has 21 heavy (non-hydrogen) atoms. The van der Waals surface area contributed by atoms with Crippen LogP contribution in [0.2, 0.25) is 5.02 Å². The van der Waals surface area contributed by atoms with Gasteiger partial charge in [-0.1, -0.05) is 17.7 Å². The van der Waals surface area contributed by atoms with Crippen molar-refractivity contribution < 1.29 is 9.72 Å². The van der Waals surface area contributed by atoms with Gasteiger partial charge in [0.2, 0.25) is 0 Å². The SMILES string of the molecule is Cc1cccnc1CNC(=O)c1cc([N+](=O)[O-])ccc1Cl. The summed E-state index contributed by atoms with van der Waals surface area (Å²) < 4.78 is 0. The first-order chi connectivity index (χ1) is 9.99. The van der Waals surface area contributed by atoms with E-state index < -0.39 is 10.8 Å². The summed E-state index contributed by atoms with van der Waals surface area (Å²) >= 11 is 5.91. The van der Waals surface area contributed by atoms with Crippen molar-refractivity contribution in [1.29, 1.82) is 0 Å². The van der Waals surface area contributed by atoms with Gasteiger partial charge in [0.15, 0.2) is 0 Å². The molecule has 0 bridgehead atoms. The minimum absolute atomic E-state index is 0.0689. The van der Waals surface area contributed by atoms with Crippen LogP contribution in [-0.4, -0.2) is 15.8 Å². The predicted octanol–water partition coefficient (Wildman–Crippen LogP) is 2.88. The van der Waals surface area contributed by atoms with Crippen LogP contribution in [0.3, 0.4) is 0 Å². The number of pyridine rings is 1. The van der Waals surface area contributed by atoms with Gasteiger partial charge in [-0.2, -0.15) is 0 Å². The number of hydrogen-bond acceptors (Lipinski definition) is 4. The van der Waals surface area contributed by atoms with Crippen molar-refractivity contribution in [2.75, 3.05) is 0 Å². The third-order valence-corrected chi connectivity index (χ3v) is 3.27. The second-order valence-electron chi connectivity index (χ2n) is 4.37. The molecule has 2 aromatic rings. The molecule has 0 aliphatic heterocycles. The Bertz CT molecular complexity index is 704. The van der Waals surface area contributed by atoms with Crippen molar-refractivity contribution in [3.63, 3.8) is 0 Å². The van der Waals surface area contributed by atoms with E-state index in [4.69, 9.17) is 11.6 Å². The van der Waals surface area contributed by atoms with Gasteiger partial charge in [-0.3, -0.25) is 19.9 Å². The molecule has 108 valence electrons. The van der Waals surface area contributed by atoms with E-state index in [9.17, 15) is 14.9 Å². The zero-order valence-electron chi connectivity index (χ0n) is 11.2. The molecule has 0 fully saturated rings. The zero-order chi connectivity index (χ0) is 15.4. The molecule has 0 radical (unpaired) electrons. The van der Waals surface area contributed by atoms with Gasteiger partial charge in [0.05, 0.1) is 27.7 Å². The lowest BCUT2D eigenvalue weighted by Gasteiger charge is -2.08. The predicted molar refractivity (Wildman–Crippen MR) is 78.3 cm³/mol. The molecule has 7 heteroatoms. The Balaban J connectivity index is 2.15. The van der Waals surface area contributed by atoms with Gasteiger partial charge in [-0.05, 0) is 24.6 Å². The molecule has 0 unspecified atom stereocenters. The molecule has 1 amide bonds. The molecule has 1 aromatic heterocycles. The number of nitro groups is 1. The van der Waals surface area contributed by atoms with Crippen molar-refractivity contribution in [3.8, 4) is 0 Å². The minimum atomic E-state index is -0.573. The van der Waals surface area contributed by atoms with E-state index in [-0.39, 0.29) is 22.8 Å². The van der Waals surface area contributed by atoms with E-state index in [2.05, 4.69) is 10.3 Å². The quantitative estimate of drug-likeness (QED) is 0.695. The summed E-state index contributed by atoms with van der Waals surface area (Å²) in [5.74, 6) is -0.478. The van der Waals surface area contributed by atoms with Gasteiger partial charge in [0, 0.05) is 18.3 Å². The number of halogens is 1. The Kier molecular flexibility index (Phi) is 4.49. The number of rotatable bonds is 4. The van der Waals surface area contributed by atoms with E-state index >= 15 is 0 Å². The monoisotopic (exact) mass is 305 g/mol. The van der Waals surface area contributed by atoms with Crippen LogP contribution in [0, 0.1) is 17.0 Å². The maximum Gasteiger partial charge on any atom is 0.270 e. The van der Waals surface area contributed by atoms with Crippen molar-refractivity contribution >= 4 is 23.2 Å². The average molecular weight is 306 g/mol. The number of carbonyl (C=O) groups is 1. The zero-order valence-corrected chi connectivity index (χ0v) is 11.9. The molecule has 0 aliphatic rings. The van der Waals surface area contributed by atoms with Crippen LogP contribution in [0.15, 0.2) is 36.5 Å². The number of aryl methyl sites for hydroxylation is 1. The number of non-ortho nitro benzene ring substituents is 1. The number of hydrogen-bond donors (Lipinski definition) is 1. The second kappa shape index (κ2) is 6.32. The summed E-state index contributed by atoms with van der Waals surface area (Å²) in [5.41, 5.74) is 1.56. The molecular weight excluding hydrogens is 294 g/mol. The lowest BCUT2D eigenvalue weighted by Crippen LogP contribution is -2.24. The Morgan fingerprint density at radius 1 is 1.43 bits per heavy atom. The van der Waals surface area contributed by atoms with Crippen molar-refractivity contribution in [2.24, 2.45) is 0 Å². The lowest BCUT2D eigenvalue weighted by atomic mass is 10.1. The van der Waals surface area contributed by atoms with E-state index in [1.54, 1.807) is 12.3 Å². The summed E-state index contributed by atoms with van der Waals surface area (Å²) in [5, 5.41) is 13.5. The summed E-state index contributed by atoms with van der Waals surface area (Å²) in [7, 11) is 0. The highest BCUT2D eigenvalue weighted by Gasteiger charge is 2.15. The highest BCUT2D eigenvalue weighted by atomic mass is 35.5. The fraction of sp³-hybridized carbons (Fsp3) is 0.143. The molecule has 6 nitrogen and oxygen atoms in total. The standard InChI is InChI=1S/C14H12ClN3O3/c1-9-3-2-6-16-13(9)8-17-14(19)11-7-10(18(20)21)4-5-12(11)15/h2-7H,8H2,1H3,(H,17,19). The number of amides is 1. The fourth-order valence-electron chi connectivity index (χ4n) is 1.76. The molecule has 2 rings (SSSR count). The van der Waals surface area contributed by atoms with E-state index in [1.807, 2.05) is 13.0 Å². The molecule has 0 saturated heterocycles. The maximum atomic E-state index is 12.1. The van der Waals surface area contributed by atoms with Crippen LogP contribution >= 0.6 is 11.6 Å². The van der Waals surface area contributed by atoms with Crippen LogP contribution in [0.5, 0.6) is 0 Å². The van der Waals surface area contributed by atoms with Crippen LogP contribution in [-0.2, 0) is 6.54 Å². The molecule has 0 aliphatic carbocycles. The number of nitro benzene ring substituents is 1. The van der Waals surface area contributed by atoms with Gasteiger partial charge in [0.1, 0.15) is 0 Å². The third-order valence-electron chi connectivity index (χ3n) is 2.94. The number of nitrogens with zero attached hydrogens (tertiary/aromatic N) is 2. The van der Waals surface area contributed by atoms with Crippen LogP contribution in [0.1, 0.15) is 21.6 Å². The largest absolute Gasteiger partial charge is 0.346 e. The molecule has 1 N–H and O–H groups in total. The summed E-state index contributed by atoms with van der Waals surface area (Å²) in [6.07, 6.45) is 1.63. The van der Waals surface area contributed by atoms with Gasteiger partial charge in [0.25, 0.3) is 11.6 Å². The molecular formula is C14H12ClN3O3. The highest BCUT2D eigenvalue weighted by molar-refractivity contribution is 6.33. The number of aromatic nitrogens is 1. The molecule has 1 heterocycles. The Morgan fingerprint density at radius 2 is 2.19 bits per heavy atom. The Hall–Kier alpha value is -2.47. The number of benzene rings is 1. The molecule has 0 atom stereocenters. The van der Waals surface area contributed by atoms with E-state index in [0.29, 0.717) is 0 Å². The second-order valence-corrected chi connectivity index (χ2v) is 4.78. The first-order valence-corrected chi connectivity index (χ1v) is 6.49. The molecule has 0 spiro atoms. The van der Waals surface area contributed by atoms with Gasteiger partial charge in [-0.15, -0.1) is 0 Å². The normalized spacial score (nSPS) is 10.2. The van der Waals surface area contributed by atoms with E-state index in [1.165, 1.54) is 12.1 Å². The minimum Gasteiger partial charge on any atom is -0.346 e. The summed E-state index contributed by atoms with van der Waals surface area (Å²) in [6.45, 7) is 2.11. The van der Waals surface area contributed by atoms with Crippen LogP contribution in [0.4, 0.5) is 5.69 Å². The van der Waals surface area contributed by atoms with Crippen LogP contribution < -0.4 is 5.32 Å². The Morgan fingerprint density at radius 3 is 2.86 bits per heavy atom. The molecule has 0 saturated carbocycles. The average Bonchev–Trinajstić information content (AvgIpc) is 2.46. The summed E-state index contributed by atoms with van der Waals surface area (Å²) in [4.78, 5) is 26.4. The lowest BCUT2D eigenvalue weighted by molar-refractivity contribution is -0.384. The topological polar surface area (TPSA) is 85.1 Å². The fourth-order valence-corrected chi connectivity index (χ4v) is 1.97. The molecule has 1 aromatic carbocycles. The van der Waals surface area contributed by atoms with Crippen molar-refractivity contribution in [2.45, 2.75) is 13.5 Å². The smallest absolute Gasteiger partial charge is 0.270 e.